The molecule has 1 aliphatic carbocycles. The van der Waals surface area contributed by atoms with Gasteiger partial charge in [-0.1, -0.05) is 23.7 Å². The van der Waals surface area contributed by atoms with Crippen LogP contribution in [0.3, 0.4) is 0 Å². The van der Waals surface area contributed by atoms with Crippen molar-refractivity contribution in [3.63, 3.8) is 0 Å². The Morgan fingerprint density at radius 2 is 2.09 bits per heavy atom. The van der Waals surface area contributed by atoms with E-state index >= 15 is 0 Å². The topological polar surface area (TPSA) is 84.2 Å². The first-order valence-electron chi connectivity index (χ1n) is 7.30. The molecule has 0 aliphatic heterocycles. The lowest BCUT2D eigenvalue weighted by Crippen LogP contribution is -2.41. The highest BCUT2D eigenvalue weighted by Crippen LogP contribution is 2.39. The largest absolute Gasteiger partial charge is 0.393 e. The number of hydrogen-bond acceptors (Lipinski definition) is 4. The van der Waals surface area contributed by atoms with Crippen LogP contribution >= 0.6 is 11.6 Å². The van der Waals surface area contributed by atoms with E-state index in [1.54, 1.807) is 42.3 Å². The van der Waals surface area contributed by atoms with Gasteiger partial charge < -0.3 is 5.11 Å². The van der Waals surface area contributed by atoms with Crippen molar-refractivity contribution in [1.29, 1.82) is 0 Å². The van der Waals surface area contributed by atoms with Crippen molar-refractivity contribution < 1.29 is 13.5 Å². The van der Waals surface area contributed by atoms with Crippen molar-refractivity contribution in [3.05, 3.63) is 47.2 Å². The molecule has 1 aliphatic rings. The average Bonchev–Trinajstić information content (AvgIpc) is 2.88. The van der Waals surface area contributed by atoms with E-state index < -0.39 is 16.1 Å². The molecule has 0 spiro atoms. The van der Waals surface area contributed by atoms with Crippen LogP contribution in [0.1, 0.15) is 24.4 Å². The Kier molecular flexibility index (Phi) is 4.46. The first kappa shape index (κ1) is 16.4. The summed E-state index contributed by atoms with van der Waals surface area (Å²) < 4.78 is 29.7. The average molecular weight is 356 g/mol. The van der Waals surface area contributed by atoms with Crippen LogP contribution in [-0.2, 0) is 17.1 Å². The van der Waals surface area contributed by atoms with E-state index in [9.17, 15) is 13.5 Å². The van der Waals surface area contributed by atoms with E-state index in [-0.39, 0.29) is 21.9 Å². The van der Waals surface area contributed by atoms with Crippen molar-refractivity contribution in [1.82, 2.24) is 14.5 Å². The lowest BCUT2D eigenvalue weighted by Gasteiger charge is -2.37. The molecule has 0 radical (unpaired) electrons. The normalized spacial score (nSPS) is 22.6. The molecular formula is C15H18ClN3O3S. The maximum atomic E-state index is 12.7. The molecule has 0 unspecified atom stereocenters. The van der Waals surface area contributed by atoms with Gasteiger partial charge in [0.25, 0.3) is 0 Å². The van der Waals surface area contributed by atoms with Gasteiger partial charge in [0.15, 0.2) is 0 Å². The maximum absolute atomic E-state index is 12.7. The van der Waals surface area contributed by atoms with Crippen LogP contribution in [0.15, 0.2) is 41.6 Å². The van der Waals surface area contributed by atoms with Crippen LogP contribution in [-0.4, -0.2) is 29.4 Å². The summed E-state index contributed by atoms with van der Waals surface area (Å²) in [5.41, 5.74) is 0.778. The van der Waals surface area contributed by atoms with Crippen molar-refractivity contribution in [3.8, 4) is 0 Å². The second-order valence-electron chi connectivity index (χ2n) is 5.86. The van der Waals surface area contributed by atoms with E-state index in [2.05, 4.69) is 9.82 Å². The third-order valence-corrected chi connectivity index (χ3v) is 6.05. The molecule has 6 nitrogen and oxygen atoms in total. The minimum atomic E-state index is -3.77. The number of nitrogens with zero attached hydrogens (tertiary/aromatic N) is 2. The van der Waals surface area contributed by atoms with Gasteiger partial charge in [0.05, 0.1) is 23.4 Å². The number of nitrogens with one attached hydrogen (secondary N) is 1. The van der Waals surface area contributed by atoms with Gasteiger partial charge in [-0.05, 0) is 30.9 Å². The van der Waals surface area contributed by atoms with Gasteiger partial charge in [0.2, 0.25) is 10.0 Å². The molecule has 124 valence electrons. The van der Waals surface area contributed by atoms with Crippen molar-refractivity contribution in [2.45, 2.75) is 29.9 Å². The van der Waals surface area contributed by atoms with Crippen molar-refractivity contribution in [2.24, 2.45) is 13.0 Å². The van der Waals surface area contributed by atoms with Crippen molar-refractivity contribution in [2.75, 3.05) is 0 Å². The summed E-state index contributed by atoms with van der Waals surface area (Å²) in [7, 11) is -1.99. The minimum Gasteiger partial charge on any atom is -0.393 e. The Hall–Kier alpha value is -1.41. The number of sulfonamides is 1. The molecule has 1 fully saturated rings. The van der Waals surface area contributed by atoms with Gasteiger partial charge in [-0.15, -0.1) is 0 Å². The molecule has 3 rings (SSSR count). The van der Waals surface area contributed by atoms with Gasteiger partial charge in [-0.2, -0.15) is 5.10 Å². The SMILES string of the molecule is Cn1cc([C@H](NS(=O)(=O)c2ccccc2Cl)C2CC(O)C2)cn1. The summed E-state index contributed by atoms with van der Waals surface area (Å²) in [6.07, 6.45) is 4.17. The predicted octanol–water partition coefficient (Wildman–Crippen LogP) is 1.86. The molecule has 2 aromatic rings. The number of halogens is 1. The fraction of sp³-hybridized carbons (Fsp3) is 0.400. The van der Waals surface area contributed by atoms with Crippen LogP contribution in [0.5, 0.6) is 0 Å². The molecule has 1 aromatic heterocycles. The molecule has 0 amide bonds. The molecule has 8 heteroatoms. The summed E-state index contributed by atoms with van der Waals surface area (Å²) in [6, 6.07) is 5.89. The number of aromatic nitrogens is 2. The fourth-order valence-corrected chi connectivity index (χ4v) is 4.65. The standard InChI is InChI=1S/C15H18ClN3O3S/c1-19-9-11(8-17-19)15(10-6-12(20)7-10)18-23(21,22)14-5-3-2-4-13(14)16/h2-5,8-10,12,15,18,20H,6-7H2,1H3/t10?,12?,15-/m1/s1. The number of aliphatic hydroxyl groups excluding tert-OH is 1. The first-order chi connectivity index (χ1) is 10.9. The lowest BCUT2D eigenvalue weighted by atomic mass is 9.76. The van der Waals surface area contributed by atoms with Gasteiger partial charge in [0, 0.05) is 18.8 Å². The smallest absolute Gasteiger partial charge is 0.242 e. The third-order valence-electron chi connectivity index (χ3n) is 4.11. The molecule has 2 N–H and O–H groups in total. The fourth-order valence-electron chi connectivity index (χ4n) is 2.83. The molecule has 1 heterocycles. The van der Waals surface area contributed by atoms with E-state index in [4.69, 9.17) is 11.6 Å². The van der Waals surface area contributed by atoms with E-state index in [1.165, 1.54) is 6.07 Å². The van der Waals surface area contributed by atoms with E-state index in [1.807, 2.05) is 0 Å². The Balaban J connectivity index is 1.90. The Labute approximate surface area is 140 Å². The second kappa shape index (κ2) is 6.24. The highest BCUT2D eigenvalue weighted by Gasteiger charge is 2.38. The number of hydrogen-bond donors (Lipinski definition) is 2. The zero-order valence-electron chi connectivity index (χ0n) is 12.6. The van der Waals surface area contributed by atoms with Gasteiger partial charge >= 0.3 is 0 Å². The van der Waals surface area contributed by atoms with Gasteiger partial charge in [0.1, 0.15) is 4.90 Å². The Bertz CT molecular complexity index is 800. The number of benzene rings is 1. The van der Waals surface area contributed by atoms with Crippen LogP contribution in [0.25, 0.3) is 0 Å². The zero-order valence-corrected chi connectivity index (χ0v) is 14.1. The number of aliphatic hydroxyl groups is 1. The molecule has 23 heavy (non-hydrogen) atoms. The van der Waals surface area contributed by atoms with Crippen LogP contribution in [0, 0.1) is 5.92 Å². The van der Waals surface area contributed by atoms with Gasteiger partial charge in [-0.25, -0.2) is 13.1 Å². The zero-order chi connectivity index (χ0) is 16.6. The highest BCUT2D eigenvalue weighted by molar-refractivity contribution is 7.89. The summed E-state index contributed by atoms with van der Waals surface area (Å²) in [5.74, 6) is 0.0338. The first-order valence-corrected chi connectivity index (χ1v) is 9.16. The van der Waals surface area contributed by atoms with Crippen molar-refractivity contribution >= 4 is 21.6 Å². The van der Waals surface area contributed by atoms with Gasteiger partial charge in [-0.3, -0.25) is 4.68 Å². The number of aryl methyl sites for hydroxylation is 1. The number of rotatable bonds is 5. The van der Waals surface area contributed by atoms with E-state index in [0.29, 0.717) is 12.8 Å². The predicted molar refractivity (Wildman–Crippen MR) is 86.5 cm³/mol. The molecule has 1 saturated carbocycles. The van der Waals surface area contributed by atoms with E-state index in [0.717, 1.165) is 5.56 Å². The summed E-state index contributed by atoms with van der Waals surface area (Å²) in [4.78, 5) is 0.0513. The summed E-state index contributed by atoms with van der Waals surface area (Å²) >= 11 is 6.02. The molecule has 1 aromatic carbocycles. The van der Waals surface area contributed by atoms with Crippen LogP contribution in [0.2, 0.25) is 5.02 Å². The summed E-state index contributed by atoms with van der Waals surface area (Å²) in [6.45, 7) is 0. The Morgan fingerprint density at radius 1 is 1.39 bits per heavy atom. The minimum absolute atomic E-state index is 0.0338. The monoisotopic (exact) mass is 355 g/mol. The van der Waals surface area contributed by atoms with Crippen LogP contribution in [0.4, 0.5) is 0 Å². The quantitative estimate of drug-likeness (QED) is 0.857. The second-order valence-corrected chi connectivity index (χ2v) is 7.95. The van der Waals surface area contributed by atoms with Crippen LogP contribution < -0.4 is 4.72 Å². The Morgan fingerprint density at radius 3 is 2.65 bits per heavy atom. The third kappa shape index (κ3) is 3.42. The lowest BCUT2D eigenvalue weighted by molar-refractivity contribution is 0.0280. The summed E-state index contributed by atoms with van der Waals surface area (Å²) in [5, 5.41) is 13.8. The molecule has 0 bridgehead atoms. The maximum Gasteiger partial charge on any atom is 0.242 e. The highest BCUT2D eigenvalue weighted by atomic mass is 35.5. The molecular weight excluding hydrogens is 338 g/mol. The molecule has 0 saturated heterocycles. The molecule has 1 atom stereocenters.